The average molecular weight is 463 g/mol. The fourth-order valence-corrected chi connectivity index (χ4v) is 3.77. The van der Waals surface area contributed by atoms with Crippen molar-refractivity contribution >= 4 is 23.0 Å². The monoisotopic (exact) mass is 462 g/mol. The zero-order valence-corrected chi connectivity index (χ0v) is 19.1. The molecule has 0 unspecified atom stereocenters. The number of benzene rings is 3. The number of ether oxygens (including phenoxy) is 2. The third kappa shape index (κ3) is 5.26. The number of nitro groups is 1. The van der Waals surface area contributed by atoms with Gasteiger partial charge in [0, 0.05) is 43.5 Å². The van der Waals surface area contributed by atoms with Gasteiger partial charge in [-0.2, -0.15) is 0 Å². The normalized spacial score (nSPS) is 13.9. The number of nitro benzene ring substituents is 1. The second kappa shape index (κ2) is 10.2. The highest BCUT2D eigenvalue weighted by Crippen LogP contribution is 2.32. The second-order valence-electron chi connectivity index (χ2n) is 7.98. The quantitative estimate of drug-likeness (QED) is 0.411. The molecule has 3 aromatic carbocycles. The van der Waals surface area contributed by atoms with Gasteiger partial charge in [-0.3, -0.25) is 14.9 Å². The number of hydrogen-bond donors (Lipinski definition) is 1. The van der Waals surface area contributed by atoms with Crippen molar-refractivity contribution in [1.82, 2.24) is 4.90 Å². The molecule has 4 rings (SSSR count). The van der Waals surface area contributed by atoms with E-state index < -0.39 is 10.8 Å². The van der Waals surface area contributed by atoms with Crippen molar-refractivity contribution in [2.24, 2.45) is 0 Å². The zero-order valence-electron chi connectivity index (χ0n) is 19.1. The second-order valence-corrected chi connectivity index (χ2v) is 7.98. The molecule has 1 saturated heterocycles. The van der Waals surface area contributed by atoms with Crippen LogP contribution in [0.5, 0.6) is 17.2 Å². The van der Waals surface area contributed by atoms with Crippen LogP contribution in [0.2, 0.25) is 0 Å². The third-order valence-electron chi connectivity index (χ3n) is 5.69. The van der Waals surface area contributed by atoms with Gasteiger partial charge in [-0.1, -0.05) is 12.1 Å². The molecule has 1 heterocycles. The molecule has 1 aliphatic rings. The molecule has 34 heavy (non-hydrogen) atoms. The zero-order chi connectivity index (χ0) is 24.1. The Kier molecular flexibility index (Phi) is 6.93. The van der Waals surface area contributed by atoms with Crippen molar-refractivity contribution in [2.45, 2.75) is 0 Å². The van der Waals surface area contributed by atoms with Gasteiger partial charge in [0.1, 0.15) is 11.4 Å². The molecule has 9 heteroatoms. The van der Waals surface area contributed by atoms with E-state index >= 15 is 0 Å². The summed E-state index contributed by atoms with van der Waals surface area (Å²) in [4.78, 5) is 28.2. The summed E-state index contributed by atoms with van der Waals surface area (Å²) in [6, 6.07) is 18.8. The maximum atomic E-state index is 12.8. The van der Waals surface area contributed by atoms with Crippen LogP contribution in [0.25, 0.3) is 0 Å². The van der Waals surface area contributed by atoms with E-state index in [2.05, 4.69) is 10.2 Å². The molecule has 0 saturated carbocycles. The lowest BCUT2D eigenvalue weighted by atomic mass is 10.1. The van der Waals surface area contributed by atoms with E-state index in [1.807, 2.05) is 24.1 Å². The fraction of sp³-hybridized carbons (Fsp3) is 0.240. The van der Waals surface area contributed by atoms with Crippen LogP contribution in [0.4, 0.5) is 17.1 Å². The van der Waals surface area contributed by atoms with E-state index in [1.165, 1.54) is 6.07 Å². The molecule has 0 aliphatic carbocycles. The Morgan fingerprint density at radius 2 is 1.65 bits per heavy atom. The number of carbonyl (C=O) groups is 1. The van der Waals surface area contributed by atoms with Crippen LogP contribution in [0.3, 0.4) is 0 Å². The van der Waals surface area contributed by atoms with E-state index in [4.69, 9.17) is 9.47 Å². The minimum Gasteiger partial charge on any atom is -0.493 e. The van der Waals surface area contributed by atoms with Crippen LogP contribution in [0.15, 0.2) is 66.7 Å². The summed E-state index contributed by atoms with van der Waals surface area (Å²) in [6.07, 6.45) is 0. The Hall–Kier alpha value is -4.11. The van der Waals surface area contributed by atoms with Gasteiger partial charge in [-0.15, -0.1) is 0 Å². The number of carbonyl (C=O) groups excluding carboxylic acids is 1. The van der Waals surface area contributed by atoms with Crippen molar-refractivity contribution < 1.29 is 19.2 Å². The highest BCUT2D eigenvalue weighted by Gasteiger charge is 2.24. The lowest BCUT2D eigenvalue weighted by Crippen LogP contribution is -2.44. The molecule has 1 N–H and O–H groups in total. The van der Waals surface area contributed by atoms with Crippen LogP contribution >= 0.6 is 0 Å². The van der Waals surface area contributed by atoms with E-state index in [-0.39, 0.29) is 11.3 Å². The fourth-order valence-electron chi connectivity index (χ4n) is 3.77. The average Bonchev–Trinajstić information content (AvgIpc) is 2.85. The van der Waals surface area contributed by atoms with Crippen LogP contribution in [0, 0.1) is 10.1 Å². The Bertz CT molecular complexity index is 1170. The number of para-hydroxylation sites is 2. The largest absolute Gasteiger partial charge is 0.493 e. The predicted octanol–water partition coefficient (Wildman–Crippen LogP) is 4.40. The minimum atomic E-state index is -0.436. The molecule has 0 spiro atoms. The highest BCUT2D eigenvalue weighted by molar-refractivity contribution is 6.05. The van der Waals surface area contributed by atoms with Gasteiger partial charge in [0.05, 0.1) is 12.0 Å². The molecule has 0 bridgehead atoms. The Morgan fingerprint density at radius 3 is 2.29 bits per heavy atom. The molecule has 0 aromatic heterocycles. The van der Waals surface area contributed by atoms with Gasteiger partial charge < -0.3 is 24.6 Å². The summed E-state index contributed by atoms with van der Waals surface area (Å²) in [7, 11) is 3.60. The molecule has 0 atom stereocenters. The Labute approximate surface area is 197 Å². The molecule has 9 nitrogen and oxygen atoms in total. The van der Waals surface area contributed by atoms with Crippen molar-refractivity contribution in [2.75, 3.05) is 50.6 Å². The number of methoxy groups -OCH3 is 1. The number of nitrogens with one attached hydrogen (secondary N) is 1. The summed E-state index contributed by atoms with van der Waals surface area (Å²) < 4.78 is 11.1. The number of hydrogen-bond acceptors (Lipinski definition) is 7. The van der Waals surface area contributed by atoms with Crippen LogP contribution < -0.4 is 19.7 Å². The van der Waals surface area contributed by atoms with Crippen molar-refractivity contribution in [3.05, 3.63) is 82.4 Å². The molecule has 3 aromatic rings. The van der Waals surface area contributed by atoms with Crippen LogP contribution in [0.1, 0.15) is 10.4 Å². The molecule has 176 valence electrons. The van der Waals surface area contributed by atoms with Gasteiger partial charge in [0.25, 0.3) is 11.6 Å². The first-order chi connectivity index (χ1) is 16.4. The smallest absolute Gasteiger partial charge is 0.293 e. The maximum Gasteiger partial charge on any atom is 0.293 e. The van der Waals surface area contributed by atoms with Crippen molar-refractivity contribution in [1.29, 1.82) is 0 Å². The van der Waals surface area contributed by atoms with E-state index in [0.29, 0.717) is 41.7 Å². The van der Waals surface area contributed by atoms with Crippen molar-refractivity contribution in [3.8, 4) is 17.2 Å². The first-order valence-electron chi connectivity index (χ1n) is 10.9. The minimum absolute atomic E-state index is 0.0715. The van der Waals surface area contributed by atoms with Gasteiger partial charge in [-0.25, -0.2) is 0 Å². The Morgan fingerprint density at radius 1 is 0.971 bits per heavy atom. The lowest BCUT2D eigenvalue weighted by Gasteiger charge is -2.33. The molecular formula is C25H26N4O5. The molecule has 1 amide bonds. The Balaban J connectivity index is 1.46. The number of nitrogens with zero attached hydrogens (tertiary/aromatic N) is 3. The summed E-state index contributed by atoms with van der Waals surface area (Å²) in [5, 5.41) is 14.5. The molecular weight excluding hydrogens is 436 g/mol. The summed E-state index contributed by atoms with van der Waals surface area (Å²) in [5.41, 5.74) is 1.23. The predicted molar refractivity (Wildman–Crippen MR) is 130 cm³/mol. The number of likely N-dealkylation sites (N-methyl/N-ethyl adjacent to an activating group) is 1. The van der Waals surface area contributed by atoms with Gasteiger partial charge in [0.2, 0.25) is 0 Å². The summed E-state index contributed by atoms with van der Waals surface area (Å²) in [6.45, 7) is 3.06. The third-order valence-corrected chi connectivity index (χ3v) is 5.69. The number of piperazine rings is 1. The lowest BCUT2D eigenvalue weighted by molar-refractivity contribution is -0.384. The molecule has 1 aliphatic heterocycles. The maximum absolute atomic E-state index is 12.8. The topological polar surface area (TPSA) is 97.2 Å². The first kappa shape index (κ1) is 23.1. The van der Waals surface area contributed by atoms with E-state index in [1.54, 1.807) is 55.6 Å². The van der Waals surface area contributed by atoms with Crippen molar-refractivity contribution in [3.63, 3.8) is 0 Å². The number of rotatable bonds is 7. The van der Waals surface area contributed by atoms with Gasteiger partial charge in [0.15, 0.2) is 11.5 Å². The highest BCUT2D eigenvalue weighted by atomic mass is 16.6. The van der Waals surface area contributed by atoms with Gasteiger partial charge >= 0.3 is 0 Å². The summed E-state index contributed by atoms with van der Waals surface area (Å²) in [5.74, 6) is 1.34. The van der Waals surface area contributed by atoms with Crippen LogP contribution in [-0.2, 0) is 0 Å². The standard InChI is InChI=1S/C25H26N4O5/c1-27-13-15-28(16-14-27)21-12-7-18(17-22(21)29(31)32)25(30)26-19-8-10-20(11-9-19)34-24-6-4-3-5-23(24)33-2/h3-12,17H,13-16H2,1-2H3,(H,26,30). The SMILES string of the molecule is COc1ccccc1Oc1ccc(NC(=O)c2ccc(N3CCN(C)CC3)c([N+](=O)[O-])c2)cc1. The van der Waals surface area contributed by atoms with E-state index in [0.717, 1.165) is 13.1 Å². The summed E-state index contributed by atoms with van der Waals surface area (Å²) >= 11 is 0. The number of anilines is 2. The van der Waals surface area contributed by atoms with E-state index in [9.17, 15) is 14.9 Å². The first-order valence-corrected chi connectivity index (χ1v) is 10.9. The van der Waals surface area contributed by atoms with Crippen LogP contribution in [-0.4, -0.2) is 56.1 Å². The molecule has 0 radical (unpaired) electrons. The molecule has 1 fully saturated rings. The number of amides is 1. The van der Waals surface area contributed by atoms with Gasteiger partial charge in [-0.05, 0) is 55.6 Å².